The fourth-order valence-corrected chi connectivity index (χ4v) is 1.68. The maximum Gasteiger partial charge on any atom is 0.296 e. The summed E-state index contributed by atoms with van der Waals surface area (Å²) in [6, 6.07) is 6.99. The second kappa shape index (κ2) is 4.93. The van der Waals surface area contributed by atoms with Crippen molar-refractivity contribution in [2.24, 2.45) is 10.6 Å². The zero-order valence-corrected chi connectivity index (χ0v) is 11.1. The average Bonchev–Trinajstić information content (AvgIpc) is 2.11. The van der Waals surface area contributed by atoms with Crippen LogP contribution in [-0.4, -0.2) is 15.0 Å². The SMILES string of the molecule is CC(C)(C)CNc1cccc(NS(N)(=O)=O)c1. The summed E-state index contributed by atoms with van der Waals surface area (Å²) in [6.07, 6.45) is 0. The number of rotatable bonds is 4. The molecular weight excluding hydrogens is 238 g/mol. The van der Waals surface area contributed by atoms with Crippen LogP contribution in [0.3, 0.4) is 0 Å². The third kappa shape index (κ3) is 6.13. The lowest BCUT2D eigenvalue weighted by molar-refractivity contribution is 0.443. The number of nitrogens with one attached hydrogen (secondary N) is 2. The third-order valence-corrected chi connectivity index (χ3v) is 2.47. The van der Waals surface area contributed by atoms with Crippen molar-refractivity contribution >= 4 is 21.6 Å². The predicted molar refractivity (Wildman–Crippen MR) is 71.1 cm³/mol. The van der Waals surface area contributed by atoms with Crippen LogP contribution in [0.2, 0.25) is 0 Å². The van der Waals surface area contributed by atoms with E-state index >= 15 is 0 Å². The molecular formula is C11H19N3O2S. The first-order valence-electron chi connectivity index (χ1n) is 5.30. The highest BCUT2D eigenvalue weighted by molar-refractivity contribution is 7.90. The van der Waals surface area contributed by atoms with Gasteiger partial charge in [0.1, 0.15) is 0 Å². The van der Waals surface area contributed by atoms with Crippen LogP contribution in [0.5, 0.6) is 0 Å². The molecule has 0 radical (unpaired) electrons. The summed E-state index contributed by atoms with van der Waals surface area (Å²) in [5.74, 6) is 0. The molecule has 0 aliphatic carbocycles. The smallest absolute Gasteiger partial charge is 0.296 e. The monoisotopic (exact) mass is 257 g/mol. The van der Waals surface area contributed by atoms with Crippen LogP contribution in [0.4, 0.5) is 11.4 Å². The van der Waals surface area contributed by atoms with Crippen molar-refractivity contribution in [1.29, 1.82) is 0 Å². The van der Waals surface area contributed by atoms with E-state index in [9.17, 15) is 8.42 Å². The molecule has 0 unspecified atom stereocenters. The Bertz CT molecular complexity index is 478. The number of anilines is 2. The van der Waals surface area contributed by atoms with Gasteiger partial charge in [0.25, 0.3) is 10.2 Å². The summed E-state index contributed by atoms with van der Waals surface area (Å²) in [7, 11) is -3.72. The lowest BCUT2D eigenvalue weighted by atomic mass is 9.97. The topological polar surface area (TPSA) is 84.2 Å². The Morgan fingerprint density at radius 2 is 1.82 bits per heavy atom. The van der Waals surface area contributed by atoms with Crippen molar-refractivity contribution in [3.63, 3.8) is 0 Å². The molecule has 17 heavy (non-hydrogen) atoms. The maximum absolute atomic E-state index is 10.9. The van der Waals surface area contributed by atoms with Gasteiger partial charge in [-0.25, -0.2) is 5.14 Å². The molecule has 4 N–H and O–H groups in total. The lowest BCUT2D eigenvalue weighted by Crippen LogP contribution is -2.22. The predicted octanol–water partition coefficient (Wildman–Crippen LogP) is 1.76. The summed E-state index contributed by atoms with van der Waals surface area (Å²) in [4.78, 5) is 0. The molecule has 0 bridgehead atoms. The Labute approximate surface area is 103 Å². The quantitative estimate of drug-likeness (QED) is 0.768. The van der Waals surface area contributed by atoms with E-state index in [2.05, 4.69) is 30.8 Å². The second-order valence-electron chi connectivity index (χ2n) is 5.14. The molecule has 5 nitrogen and oxygen atoms in total. The summed E-state index contributed by atoms with van der Waals surface area (Å²) in [5.41, 5.74) is 1.46. The highest BCUT2D eigenvalue weighted by atomic mass is 32.2. The molecule has 0 spiro atoms. The fourth-order valence-electron chi connectivity index (χ4n) is 1.22. The molecule has 1 aromatic rings. The van der Waals surface area contributed by atoms with Gasteiger partial charge < -0.3 is 5.32 Å². The van der Waals surface area contributed by atoms with Crippen molar-refractivity contribution in [3.05, 3.63) is 24.3 Å². The van der Waals surface area contributed by atoms with Crippen LogP contribution >= 0.6 is 0 Å². The van der Waals surface area contributed by atoms with Gasteiger partial charge in [-0.3, -0.25) is 4.72 Å². The molecule has 0 saturated heterocycles. The van der Waals surface area contributed by atoms with Gasteiger partial charge in [0, 0.05) is 12.2 Å². The summed E-state index contributed by atoms with van der Waals surface area (Å²) < 4.78 is 24.0. The molecule has 0 saturated carbocycles. The van der Waals surface area contributed by atoms with Crippen LogP contribution in [0, 0.1) is 5.41 Å². The van der Waals surface area contributed by atoms with E-state index in [1.807, 2.05) is 6.07 Å². The first kappa shape index (κ1) is 13.8. The first-order chi connectivity index (χ1) is 7.66. The average molecular weight is 257 g/mol. The highest BCUT2D eigenvalue weighted by Crippen LogP contribution is 2.18. The molecule has 1 aromatic carbocycles. The van der Waals surface area contributed by atoms with Crippen LogP contribution in [-0.2, 0) is 10.2 Å². The van der Waals surface area contributed by atoms with Gasteiger partial charge in [0.15, 0.2) is 0 Å². The molecule has 0 amide bonds. The highest BCUT2D eigenvalue weighted by Gasteiger charge is 2.09. The number of benzene rings is 1. The minimum absolute atomic E-state index is 0.156. The molecule has 0 aliphatic rings. The number of hydrogen-bond donors (Lipinski definition) is 3. The molecule has 0 atom stereocenters. The molecule has 96 valence electrons. The van der Waals surface area contributed by atoms with Crippen molar-refractivity contribution in [3.8, 4) is 0 Å². The summed E-state index contributed by atoms with van der Waals surface area (Å²) >= 11 is 0. The molecule has 0 fully saturated rings. The van der Waals surface area contributed by atoms with E-state index in [1.165, 1.54) is 0 Å². The van der Waals surface area contributed by atoms with Crippen LogP contribution in [0.15, 0.2) is 24.3 Å². The van der Waals surface area contributed by atoms with Crippen molar-refractivity contribution < 1.29 is 8.42 Å². The van der Waals surface area contributed by atoms with Gasteiger partial charge in [-0.15, -0.1) is 0 Å². The van der Waals surface area contributed by atoms with Gasteiger partial charge in [-0.05, 0) is 23.6 Å². The Balaban J connectivity index is 2.73. The zero-order chi connectivity index (χ0) is 13.1. The van der Waals surface area contributed by atoms with E-state index < -0.39 is 10.2 Å². The van der Waals surface area contributed by atoms with Crippen LogP contribution < -0.4 is 15.2 Å². The summed E-state index contributed by atoms with van der Waals surface area (Å²) in [6.45, 7) is 7.15. The number of hydrogen-bond acceptors (Lipinski definition) is 3. The lowest BCUT2D eigenvalue weighted by Gasteiger charge is -2.19. The number of nitrogens with two attached hydrogens (primary N) is 1. The molecule has 0 aliphatic heterocycles. The van der Waals surface area contributed by atoms with E-state index in [4.69, 9.17) is 5.14 Å². The van der Waals surface area contributed by atoms with E-state index in [0.29, 0.717) is 5.69 Å². The summed E-state index contributed by atoms with van der Waals surface area (Å²) in [5, 5.41) is 8.14. The van der Waals surface area contributed by atoms with Crippen molar-refractivity contribution in [2.75, 3.05) is 16.6 Å². The van der Waals surface area contributed by atoms with E-state index in [1.54, 1.807) is 18.2 Å². The standard InChI is InChI=1S/C11H19N3O2S/c1-11(2,3)8-13-9-5-4-6-10(7-9)14-17(12,15)16/h4-7,13-14H,8H2,1-3H3,(H2,12,15,16). The largest absolute Gasteiger partial charge is 0.384 e. The third-order valence-electron chi connectivity index (χ3n) is 1.95. The van der Waals surface area contributed by atoms with Crippen LogP contribution in [0.1, 0.15) is 20.8 Å². The minimum Gasteiger partial charge on any atom is -0.384 e. The Hall–Kier alpha value is -1.27. The van der Waals surface area contributed by atoms with Crippen LogP contribution in [0.25, 0.3) is 0 Å². The van der Waals surface area contributed by atoms with E-state index in [0.717, 1.165) is 12.2 Å². The van der Waals surface area contributed by atoms with Crippen molar-refractivity contribution in [1.82, 2.24) is 0 Å². The van der Waals surface area contributed by atoms with E-state index in [-0.39, 0.29) is 5.41 Å². The van der Waals surface area contributed by atoms with Gasteiger partial charge in [-0.2, -0.15) is 8.42 Å². The Morgan fingerprint density at radius 1 is 1.24 bits per heavy atom. The molecule has 1 rings (SSSR count). The molecule has 0 heterocycles. The van der Waals surface area contributed by atoms with Crippen molar-refractivity contribution in [2.45, 2.75) is 20.8 Å². The molecule has 6 heteroatoms. The maximum atomic E-state index is 10.9. The molecule has 0 aromatic heterocycles. The fraction of sp³-hybridized carbons (Fsp3) is 0.455. The van der Waals surface area contributed by atoms with Gasteiger partial charge in [0.05, 0.1) is 5.69 Å². The Kier molecular flexibility index (Phi) is 4.00. The first-order valence-corrected chi connectivity index (χ1v) is 6.85. The van der Waals surface area contributed by atoms with Gasteiger partial charge in [0.2, 0.25) is 0 Å². The van der Waals surface area contributed by atoms with Gasteiger partial charge >= 0.3 is 0 Å². The Morgan fingerprint density at radius 3 is 2.35 bits per heavy atom. The minimum atomic E-state index is -3.72. The second-order valence-corrected chi connectivity index (χ2v) is 6.44. The normalized spacial score (nSPS) is 12.2. The zero-order valence-electron chi connectivity index (χ0n) is 10.3. The van der Waals surface area contributed by atoms with Gasteiger partial charge in [-0.1, -0.05) is 26.8 Å².